The molecule has 0 spiro atoms. The van der Waals surface area contributed by atoms with Crippen molar-refractivity contribution in [3.05, 3.63) is 0 Å². The predicted molar refractivity (Wildman–Crippen MR) is 121 cm³/mol. The lowest BCUT2D eigenvalue weighted by atomic mass is 9.66. The van der Waals surface area contributed by atoms with Gasteiger partial charge in [0.2, 0.25) is 0 Å². The molecule has 0 amide bonds. The van der Waals surface area contributed by atoms with Gasteiger partial charge in [-0.3, -0.25) is 4.90 Å². The summed E-state index contributed by atoms with van der Waals surface area (Å²) < 4.78 is 24.0. The number of likely N-dealkylation sites (tertiary alicyclic amines) is 1. The lowest BCUT2D eigenvalue weighted by molar-refractivity contribution is -0.164. The summed E-state index contributed by atoms with van der Waals surface area (Å²) in [7, 11) is 0. The van der Waals surface area contributed by atoms with E-state index in [0.717, 1.165) is 52.2 Å². The van der Waals surface area contributed by atoms with E-state index < -0.39 is 0 Å². The molecule has 0 bridgehead atoms. The van der Waals surface area contributed by atoms with Crippen LogP contribution in [0.2, 0.25) is 0 Å². The van der Waals surface area contributed by atoms with Crippen LogP contribution in [0.4, 0.5) is 0 Å². The van der Waals surface area contributed by atoms with Gasteiger partial charge in [0.1, 0.15) is 0 Å². The zero-order valence-electron chi connectivity index (χ0n) is 20.5. The third kappa shape index (κ3) is 7.44. The molecule has 5 nitrogen and oxygen atoms in total. The normalized spacial score (nSPS) is 27.4. The summed E-state index contributed by atoms with van der Waals surface area (Å²) in [5, 5.41) is 0. The van der Waals surface area contributed by atoms with Crippen LogP contribution in [-0.2, 0) is 18.9 Å². The Hall–Kier alpha value is -0.200. The van der Waals surface area contributed by atoms with Gasteiger partial charge in [0, 0.05) is 25.2 Å². The van der Waals surface area contributed by atoms with Crippen molar-refractivity contribution in [2.75, 3.05) is 39.5 Å². The standard InChI is InChI=1S/C25H47NO4/c1-23(2,3)26-17-22(18-26)28-14-13-27-12-8-11-25(9-7-10-25)19-29-20-15-21(16-20)30-24(4,5)6/h20-22H,7-19H2,1-6H3. The largest absolute Gasteiger partial charge is 0.379 e. The number of hydrogen-bond donors (Lipinski definition) is 0. The molecule has 30 heavy (non-hydrogen) atoms. The highest BCUT2D eigenvalue weighted by Gasteiger charge is 2.40. The second-order valence-corrected chi connectivity index (χ2v) is 11.9. The van der Waals surface area contributed by atoms with Gasteiger partial charge in [0.15, 0.2) is 0 Å². The number of nitrogens with zero attached hydrogens (tertiary/aromatic N) is 1. The molecule has 0 radical (unpaired) electrons. The van der Waals surface area contributed by atoms with Gasteiger partial charge in [-0.2, -0.15) is 0 Å². The minimum absolute atomic E-state index is 0.0411. The van der Waals surface area contributed by atoms with Crippen LogP contribution >= 0.6 is 0 Å². The molecule has 0 atom stereocenters. The Labute approximate surface area is 185 Å². The third-order valence-electron chi connectivity index (χ3n) is 6.98. The smallest absolute Gasteiger partial charge is 0.0830 e. The fourth-order valence-corrected chi connectivity index (χ4v) is 4.70. The summed E-state index contributed by atoms with van der Waals surface area (Å²) in [4.78, 5) is 2.46. The third-order valence-corrected chi connectivity index (χ3v) is 6.98. The highest BCUT2D eigenvalue weighted by Crippen LogP contribution is 2.46. The lowest BCUT2D eigenvalue weighted by Gasteiger charge is -2.47. The van der Waals surface area contributed by atoms with E-state index in [9.17, 15) is 0 Å². The molecule has 2 aliphatic carbocycles. The minimum atomic E-state index is -0.0411. The van der Waals surface area contributed by atoms with Crippen LogP contribution in [0.1, 0.15) is 86.5 Å². The van der Waals surface area contributed by atoms with Crippen LogP contribution in [-0.4, -0.2) is 73.9 Å². The van der Waals surface area contributed by atoms with Crippen molar-refractivity contribution in [2.45, 2.75) is 116 Å². The van der Waals surface area contributed by atoms with Gasteiger partial charge in [-0.15, -0.1) is 0 Å². The first-order chi connectivity index (χ1) is 14.0. The SMILES string of the molecule is CC(C)(C)OC1CC(OCC2(CCCOCCOC3CN(C(C)(C)C)C3)CCC2)C1. The van der Waals surface area contributed by atoms with Gasteiger partial charge in [-0.25, -0.2) is 0 Å². The van der Waals surface area contributed by atoms with Crippen molar-refractivity contribution >= 4 is 0 Å². The van der Waals surface area contributed by atoms with Gasteiger partial charge in [0.05, 0.1) is 43.7 Å². The Bertz CT molecular complexity index is 508. The van der Waals surface area contributed by atoms with E-state index in [-0.39, 0.29) is 11.1 Å². The first kappa shape index (κ1) is 24.4. The van der Waals surface area contributed by atoms with E-state index in [0.29, 0.717) is 30.3 Å². The first-order valence-electron chi connectivity index (χ1n) is 12.3. The summed E-state index contributed by atoms with van der Waals surface area (Å²) in [5.74, 6) is 0. The van der Waals surface area contributed by atoms with Crippen LogP contribution in [0.25, 0.3) is 0 Å². The van der Waals surface area contributed by atoms with E-state index >= 15 is 0 Å². The molecule has 0 aromatic carbocycles. The maximum absolute atomic E-state index is 6.26. The molecular formula is C25H47NO4. The Balaban J connectivity index is 1.17. The van der Waals surface area contributed by atoms with E-state index in [4.69, 9.17) is 18.9 Å². The van der Waals surface area contributed by atoms with Crippen molar-refractivity contribution in [3.8, 4) is 0 Å². The second kappa shape index (κ2) is 10.2. The summed E-state index contributed by atoms with van der Waals surface area (Å²) in [6.45, 7) is 18.5. The monoisotopic (exact) mass is 425 g/mol. The maximum Gasteiger partial charge on any atom is 0.0830 e. The van der Waals surface area contributed by atoms with E-state index in [1.165, 1.54) is 25.7 Å². The van der Waals surface area contributed by atoms with Crippen LogP contribution in [0.3, 0.4) is 0 Å². The molecule has 0 aromatic heterocycles. The Kier molecular flexibility index (Phi) is 8.28. The van der Waals surface area contributed by atoms with Crippen molar-refractivity contribution in [1.29, 1.82) is 0 Å². The number of hydrogen-bond acceptors (Lipinski definition) is 5. The Morgan fingerprint density at radius 2 is 1.53 bits per heavy atom. The molecule has 1 saturated heterocycles. The molecule has 3 fully saturated rings. The summed E-state index contributed by atoms with van der Waals surface area (Å²) in [5.41, 5.74) is 0.636. The summed E-state index contributed by atoms with van der Waals surface area (Å²) in [6, 6.07) is 0. The van der Waals surface area contributed by atoms with Crippen LogP contribution in [0.5, 0.6) is 0 Å². The highest BCUT2D eigenvalue weighted by molar-refractivity contribution is 4.90. The van der Waals surface area contributed by atoms with Gasteiger partial charge in [-0.05, 0) is 85.5 Å². The molecule has 176 valence electrons. The molecule has 1 heterocycles. The highest BCUT2D eigenvalue weighted by atomic mass is 16.5. The lowest BCUT2D eigenvalue weighted by Crippen LogP contribution is -2.59. The average molecular weight is 426 g/mol. The molecule has 2 saturated carbocycles. The van der Waals surface area contributed by atoms with Crippen molar-refractivity contribution in [2.24, 2.45) is 5.41 Å². The quantitative estimate of drug-likeness (QED) is 0.420. The maximum atomic E-state index is 6.26. The Morgan fingerprint density at radius 1 is 0.833 bits per heavy atom. The fourth-order valence-electron chi connectivity index (χ4n) is 4.70. The zero-order valence-corrected chi connectivity index (χ0v) is 20.5. The molecule has 3 aliphatic rings. The average Bonchev–Trinajstić information content (AvgIpc) is 2.51. The van der Waals surface area contributed by atoms with Gasteiger partial charge < -0.3 is 18.9 Å². The van der Waals surface area contributed by atoms with E-state index in [1.54, 1.807) is 0 Å². The Morgan fingerprint density at radius 3 is 2.10 bits per heavy atom. The van der Waals surface area contributed by atoms with Crippen LogP contribution < -0.4 is 0 Å². The minimum Gasteiger partial charge on any atom is -0.379 e. The van der Waals surface area contributed by atoms with Crippen LogP contribution in [0.15, 0.2) is 0 Å². The van der Waals surface area contributed by atoms with Gasteiger partial charge >= 0.3 is 0 Å². The summed E-state index contributed by atoms with van der Waals surface area (Å²) in [6.07, 6.45) is 9.65. The summed E-state index contributed by atoms with van der Waals surface area (Å²) >= 11 is 0. The predicted octanol–water partition coefficient (Wildman–Crippen LogP) is 4.82. The second-order valence-electron chi connectivity index (χ2n) is 11.9. The molecule has 0 N–H and O–H groups in total. The molecular weight excluding hydrogens is 378 g/mol. The first-order valence-corrected chi connectivity index (χ1v) is 12.3. The van der Waals surface area contributed by atoms with Gasteiger partial charge in [-0.1, -0.05) is 6.42 Å². The topological polar surface area (TPSA) is 40.2 Å². The van der Waals surface area contributed by atoms with Crippen LogP contribution in [0, 0.1) is 5.41 Å². The molecule has 0 unspecified atom stereocenters. The zero-order chi connectivity index (χ0) is 21.8. The number of ether oxygens (including phenoxy) is 4. The van der Waals surface area contributed by atoms with Crippen molar-refractivity contribution < 1.29 is 18.9 Å². The molecule has 3 rings (SSSR count). The molecule has 0 aromatic rings. The van der Waals surface area contributed by atoms with Gasteiger partial charge in [0.25, 0.3) is 0 Å². The molecule has 5 heteroatoms. The number of rotatable bonds is 12. The van der Waals surface area contributed by atoms with Crippen molar-refractivity contribution in [1.82, 2.24) is 4.90 Å². The fraction of sp³-hybridized carbons (Fsp3) is 1.00. The van der Waals surface area contributed by atoms with E-state index in [2.05, 4.69) is 46.4 Å². The van der Waals surface area contributed by atoms with E-state index in [1.807, 2.05) is 0 Å². The van der Waals surface area contributed by atoms with Crippen molar-refractivity contribution in [3.63, 3.8) is 0 Å². The molecule has 1 aliphatic heterocycles.